The maximum absolute atomic E-state index is 12.6. The Morgan fingerprint density at radius 2 is 1.70 bits per heavy atom. The molecule has 9 nitrogen and oxygen atoms in total. The number of primary amides is 1. The third-order valence-electron chi connectivity index (χ3n) is 4.03. The molecular formula is C21H22N6O3. The summed E-state index contributed by atoms with van der Waals surface area (Å²) in [5, 5.41) is 12.3. The van der Waals surface area contributed by atoms with Crippen LogP contribution in [0.5, 0.6) is 0 Å². The zero-order chi connectivity index (χ0) is 21.7. The third kappa shape index (κ3) is 5.22. The molecule has 30 heavy (non-hydrogen) atoms. The number of anilines is 2. The number of nitrogens with two attached hydrogens (primary N) is 1. The number of rotatable bonds is 6. The average molecular weight is 406 g/mol. The van der Waals surface area contributed by atoms with Crippen LogP contribution in [0, 0.1) is 0 Å². The highest BCUT2D eigenvalue weighted by Crippen LogP contribution is 2.16. The van der Waals surface area contributed by atoms with Crippen molar-refractivity contribution in [3.05, 3.63) is 72.1 Å². The van der Waals surface area contributed by atoms with Crippen LogP contribution in [0.2, 0.25) is 0 Å². The minimum Gasteiger partial charge on any atom is -0.364 e. The lowest BCUT2D eigenvalue weighted by atomic mass is 10.2. The summed E-state index contributed by atoms with van der Waals surface area (Å²) in [7, 11) is 0. The first-order valence-corrected chi connectivity index (χ1v) is 9.26. The Morgan fingerprint density at radius 1 is 0.967 bits per heavy atom. The van der Waals surface area contributed by atoms with Crippen LogP contribution in [0.1, 0.15) is 34.7 Å². The number of nitrogens with one attached hydrogen (secondary N) is 3. The number of amides is 4. The SMILES string of the molecule is CC(C)NC(=O)Nc1cccc(C(=O)Nc2ccc(-n3ccc(C(N)=O)n3)cc2)c1. The van der Waals surface area contributed by atoms with Gasteiger partial charge in [-0.1, -0.05) is 6.07 Å². The van der Waals surface area contributed by atoms with Crippen molar-refractivity contribution in [2.24, 2.45) is 5.73 Å². The molecule has 0 bridgehead atoms. The van der Waals surface area contributed by atoms with Crippen molar-refractivity contribution in [3.8, 4) is 5.69 Å². The van der Waals surface area contributed by atoms with Gasteiger partial charge >= 0.3 is 6.03 Å². The smallest absolute Gasteiger partial charge is 0.319 e. The fourth-order valence-electron chi connectivity index (χ4n) is 2.67. The summed E-state index contributed by atoms with van der Waals surface area (Å²) in [6.07, 6.45) is 1.63. The largest absolute Gasteiger partial charge is 0.364 e. The van der Waals surface area contributed by atoms with Gasteiger partial charge in [0.2, 0.25) is 0 Å². The van der Waals surface area contributed by atoms with E-state index in [1.54, 1.807) is 54.7 Å². The van der Waals surface area contributed by atoms with Gasteiger partial charge in [0.05, 0.1) is 5.69 Å². The highest BCUT2D eigenvalue weighted by molar-refractivity contribution is 6.05. The van der Waals surface area contributed by atoms with E-state index >= 15 is 0 Å². The fourth-order valence-corrected chi connectivity index (χ4v) is 2.67. The number of benzene rings is 2. The average Bonchev–Trinajstić information content (AvgIpc) is 3.18. The van der Waals surface area contributed by atoms with Crippen molar-refractivity contribution in [2.45, 2.75) is 19.9 Å². The molecule has 154 valence electrons. The van der Waals surface area contributed by atoms with Crippen molar-refractivity contribution >= 4 is 29.2 Å². The van der Waals surface area contributed by atoms with Crippen LogP contribution in [0.25, 0.3) is 5.69 Å². The molecule has 0 aliphatic carbocycles. The molecule has 5 N–H and O–H groups in total. The van der Waals surface area contributed by atoms with Crippen LogP contribution in [-0.4, -0.2) is 33.7 Å². The van der Waals surface area contributed by atoms with Gasteiger partial charge in [0, 0.05) is 29.2 Å². The molecule has 0 atom stereocenters. The second-order valence-electron chi connectivity index (χ2n) is 6.84. The third-order valence-corrected chi connectivity index (χ3v) is 4.03. The van der Waals surface area contributed by atoms with E-state index in [1.807, 2.05) is 13.8 Å². The summed E-state index contributed by atoms with van der Waals surface area (Å²) < 4.78 is 1.52. The molecule has 2 aromatic carbocycles. The van der Waals surface area contributed by atoms with Gasteiger partial charge in [-0.2, -0.15) is 5.10 Å². The van der Waals surface area contributed by atoms with Gasteiger partial charge in [0.15, 0.2) is 0 Å². The summed E-state index contributed by atoms with van der Waals surface area (Å²) in [6, 6.07) is 14.8. The molecule has 0 spiro atoms. The first kappa shape index (κ1) is 20.6. The van der Waals surface area contributed by atoms with Crippen molar-refractivity contribution < 1.29 is 14.4 Å². The van der Waals surface area contributed by atoms with Gasteiger partial charge < -0.3 is 21.7 Å². The Hall–Kier alpha value is -4.14. The molecule has 0 aliphatic heterocycles. The Balaban J connectivity index is 1.66. The second-order valence-corrected chi connectivity index (χ2v) is 6.84. The number of hydrogen-bond acceptors (Lipinski definition) is 4. The molecule has 3 aromatic rings. The van der Waals surface area contributed by atoms with Crippen LogP contribution in [-0.2, 0) is 0 Å². The summed E-state index contributed by atoms with van der Waals surface area (Å²) in [5.41, 5.74) is 7.59. The molecule has 3 rings (SSSR count). The van der Waals surface area contributed by atoms with Gasteiger partial charge in [-0.25, -0.2) is 9.48 Å². The van der Waals surface area contributed by atoms with E-state index < -0.39 is 5.91 Å². The Bertz CT molecular complexity index is 1070. The van der Waals surface area contributed by atoms with Crippen LogP contribution in [0.15, 0.2) is 60.8 Å². The van der Waals surface area contributed by atoms with Crippen molar-refractivity contribution in [1.82, 2.24) is 15.1 Å². The van der Waals surface area contributed by atoms with E-state index in [0.717, 1.165) is 0 Å². The van der Waals surface area contributed by atoms with Crippen LogP contribution >= 0.6 is 0 Å². The second kappa shape index (κ2) is 8.91. The summed E-state index contributed by atoms with van der Waals surface area (Å²) in [6.45, 7) is 3.72. The molecule has 1 aromatic heterocycles. The minimum atomic E-state index is -0.601. The van der Waals surface area contributed by atoms with E-state index in [4.69, 9.17) is 5.73 Å². The molecule has 4 amide bonds. The van der Waals surface area contributed by atoms with Crippen LogP contribution in [0.4, 0.5) is 16.2 Å². The first-order chi connectivity index (χ1) is 14.3. The first-order valence-electron chi connectivity index (χ1n) is 9.26. The number of carbonyl (C=O) groups excluding carboxylic acids is 3. The van der Waals surface area contributed by atoms with E-state index in [9.17, 15) is 14.4 Å². The summed E-state index contributed by atoms with van der Waals surface area (Å²) in [4.78, 5) is 35.5. The van der Waals surface area contributed by atoms with Gasteiger partial charge in [-0.15, -0.1) is 0 Å². The van der Waals surface area contributed by atoms with E-state index in [1.165, 1.54) is 10.7 Å². The molecule has 0 radical (unpaired) electrons. The molecule has 0 unspecified atom stereocenters. The van der Waals surface area contributed by atoms with E-state index in [2.05, 4.69) is 21.0 Å². The zero-order valence-electron chi connectivity index (χ0n) is 16.5. The normalized spacial score (nSPS) is 10.5. The fraction of sp³-hybridized carbons (Fsp3) is 0.143. The van der Waals surface area contributed by atoms with Crippen molar-refractivity contribution in [2.75, 3.05) is 10.6 Å². The number of nitrogens with zero attached hydrogens (tertiary/aromatic N) is 2. The zero-order valence-corrected chi connectivity index (χ0v) is 16.5. The lowest BCUT2D eigenvalue weighted by Crippen LogP contribution is -2.34. The molecule has 0 aliphatic rings. The highest BCUT2D eigenvalue weighted by Gasteiger charge is 2.10. The molecule has 0 fully saturated rings. The number of aromatic nitrogens is 2. The molecular weight excluding hydrogens is 384 g/mol. The number of hydrogen-bond donors (Lipinski definition) is 4. The topological polar surface area (TPSA) is 131 Å². The van der Waals surface area contributed by atoms with E-state index in [-0.39, 0.29) is 23.7 Å². The van der Waals surface area contributed by atoms with Crippen LogP contribution in [0.3, 0.4) is 0 Å². The lowest BCUT2D eigenvalue weighted by molar-refractivity contribution is 0.0993. The predicted octanol–water partition coefficient (Wildman–Crippen LogP) is 2.75. The number of carbonyl (C=O) groups is 3. The molecule has 9 heteroatoms. The van der Waals surface area contributed by atoms with Gasteiger partial charge in [-0.3, -0.25) is 9.59 Å². The van der Waals surface area contributed by atoms with Crippen LogP contribution < -0.4 is 21.7 Å². The van der Waals surface area contributed by atoms with Gasteiger partial charge in [0.25, 0.3) is 11.8 Å². The highest BCUT2D eigenvalue weighted by atomic mass is 16.2. The lowest BCUT2D eigenvalue weighted by Gasteiger charge is -2.11. The van der Waals surface area contributed by atoms with E-state index in [0.29, 0.717) is 22.6 Å². The summed E-state index contributed by atoms with van der Waals surface area (Å²) >= 11 is 0. The maximum atomic E-state index is 12.6. The van der Waals surface area contributed by atoms with Crippen molar-refractivity contribution in [1.29, 1.82) is 0 Å². The Morgan fingerprint density at radius 3 is 2.33 bits per heavy atom. The van der Waals surface area contributed by atoms with Gasteiger partial charge in [-0.05, 0) is 62.4 Å². The van der Waals surface area contributed by atoms with Crippen molar-refractivity contribution in [3.63, 3.8) is 0 Å². The predicted molar refractivity (Wildman–Crippen MR) is 114 cm³/mol. The molecule has 0 saturated carbocycles. The molecule has 1 heterocycles. The Labute approximate surface area is 173 Å². The molecule has 0 saturated heterocycles. The standard InChI is InChI=1S/C21H22N6O3/c1-13(2)23-21(30)25-16-5-3-4-14(12-16)20(29)24-15-6-8-17(9-7-15)27-11-10-18(26-27)19(22)28/h3-13H,1-2H3,(H2,22,28)(H,24,29)(H2,23,25,30). The Kier molecular flexibility index (Phi) is 6.11. The number of urea groups is 1. The monoisotopic (exact) mass is 406 g/mol. The minimum absolute atomic E-state index is 0.00331. The van der Waals surface area contributed by atoms with Gasteiger partial charge in [0.1, 0.15) is 5.69 Å². The quantitative estimate of drug-likeness (QED) is 0.501. The maximum Gasteiger partial charge on any atom is 0.319 e. The summed E-state index contributed by atoms with van der Waals surface area (Å²) in [5.74, 6) is -0.915.